The highest BCUT2D eigenvalue weighted by atomic mass is 32.2. The van der Waals surface area contributed by atoms with Crippen molar-refractivity contribution in [1.82, 2.24) is 5.31 Å². The maximum atomic E-state index is 9.41. The minimum Gasteiger partial charge on any atom is -0.375 e. The molecule has 1 N–H and O–H groups in total. The van der Waals surface area contributed by atoms with E-state index < -0.39 is 83.9 Å². The Morgan fingerprint density at radius 1 is 1.67 bits per heavy atom. The van der Waals surface area contributed by atoms with E-state index in [2.05, 4.69) is 0 Å². The Bertz CT molecular complexity index is 1020. The molecule has 0 bridgehead atoms. The second-order valence-electron chi connectivity index (χ2n) is 4.88. The molecule has 3 saturated heterocycles. The highest BCUT2D eigenvalue weighted by Crippen LogP contribution is 2.54. The molecule has 4 unspecified atom stereocenters. The van der Waals surface area contributed by atoms with E-state index in [1.54, 1.807) is 0 Å². The monoisotopic (exact) mass is 292 g/mol. The number of piperidine rings is 1. The minimum atomic E-state index is -7.83. The van der Waals surface area contributed by atoms with E-state index in [1.165, 1.54) is 0 Å². The summed E-state index contributed by atoms with van der Waals surface area (Å²) in [6, 6.07) is 0. The molecule has 4 atom stereocenters. The van der Waals surface area contributed by atoms with Gasteiger partial charge >= 0.3 is 0 Å². The molecule has 0 aromatic rings. The van der Waals surface area contributed by atoms with Crippen LogP contribution in [-0.2, 0) is 4.74 Å². The maximum absolute atomic E-state index is 9.41. The van der Waals surface area contributed by atoms with Gasteiger partial charge in [-0.1, -0.05) is 6.92 Å². The quantitative estimate of drug-likeness (QED) is 0.799. The molecule has 108 valence electrons. The number of hydrogen-bond acceptors (Lipinski definition) is 2. The first kappa shape index (κ1) is 3.53. The first-order chi connectivity index (χ1) is 15.6. The van der Waals surface area contributed by atoms with Gasteiger partial charge in [0.1, 0.15) is 1.41 Å². The Labute approximate surface area is 141 Å². The zero-order chi connectivity index (χ0) is 30.0. The van der Waals surface area contributed by atoms with E-state index in [4.69, 9.17) is 28.5 Å². The molecule has 18 heavy (non-hydrogen) atoms. The summed E-state index contributed by atoms with van der Waals surface area (Å²) in [6.45, 7) is -5.01. The van der Waals surface area contributed by atoms with Gasteiger partial charge in [0.2, 0.25) is 0 Å². The lowest BCUT2D eigenvalue weighted by Crippen LogP contribution is -2.60. The molecule has 3 rings (SSSR count). The van der Waals surface area contributed by atoms with Crippen molar-refractivity contribution < 1.29 is 25.3 Å². The fourth-order valence-electron chi connectivity index (χ4n) is 2.13. The van der Waals surface area contributed by atoms with Gasteiger partial charge in [-0.05, 0) is 68.6 Å². The van der Waals surface area contributed by atoms with Crippen molar-refractivity contribution >= 4 is 11.4 Å². The molecule has 0 aliphatic carbocycles. The molecule has 0 saturated carbocycles. The standard InChI is InChI=1S/C15H31NOS/c1-4-11-9-12-13(18-11)5-8-17-15(12)6-7-16-14(2,3)10-15/h11-13,16H,4-10H2,1-3H3,18H4/i5D2,6D2,7D2,8D2,9D2,10D2,11D,12D,18D4/hD. The number of fused-ring (bicyclic) bond motifs is 2. The highest BCUT2D eigenvalue weighted by molar-refractivity contribution is 8.00. The number of rotatable bonds is 1. The molecule has 1 spiro atoms. The summed E-state index contributed by atoms with van der Waals surface area (Å²) in [4.78, 5) is 0. The zero-order valence-corrected chi connectivity index (χ0v) is 11.4. The third-order valence-electron chi connectivity index (χ3n) is 2.94. The van der Waals surface area contributed by atoms with E-state index in [9.17, 15) is 1.37 Å². The summed E-state index contributed by atoms with van der Waals surface area (Å²) in [5.41, 5.74) is -6.72. The van der Waals surface area contributed by atoms with Crippen LogP contribution in [0.25, 0.3) is 0 Å². The molecule has 3 fully saturated rings. The van der Waals surface area contributed by atoms with Crippen molar-refractivity contribution in [3.8, 4) is 0 Å². The molecule has 3 aliphatic heterocycles. The van der Waals surface area contributed by atoms with Crippen molar-refractivity contribution in [3.05, 3.63) is 0 Å². The summed E-state index contributed by atoms with van der Waals surface area (Å²) < 4.78 is 170. The van der Waals surface area contributed by atoms with Crippen LogP contribution in [-0.4, -0.2) is 39.2 Å². The predicted molar refractivity (Wildman–Crippen MR) is 83.8 cm³/mol. The SMILES string of the molecule is [2H]N1C([2H])([2H])C([2H])([2H])C2(OC([2H])([2H])C([2H])([2H])C3C2([2H])C([2H])([2H])C([2H])(CC)S3([2H])([2H])([2H])[2H])C([2H])([2H])C1(C)C. The highest BCUT2D eigenvalue weighted by Gasteiger charge is 2.53. The normalized spacial score (nSPS) is 101. The van der Waals surface area contributed by atoms with Crippen LogP contribution >= 0.6 is 11.4 Å². The lowest BCUT2D eigenvalue weighted by Gasteiger charge is -2.52. The lowest BCUT2D eigenvalue weighted by molar-refractivity contribution is -0.146. The molecule has 0 radical (unpaired) electrons. The molecule has 3 aliphatic rings. The lowest BCUT2D eigenvalue weighted by atomic mass is 9.69. The van der Waals surface area contributed by atoms with Crippen molar-refractivity contribution in [2.45, 2.75) is 74.3 Å². The van der Waals surface area contributed by atoms with Crippen LogP contribution in [0.5, 0.6) is 0 Å². The van der Waals surface area contributed by atoms with E-state index in [1.807, 2.05) is 0 Å². The van der Waals surface area contributed by atoms with E-state index in [0.717, 1.165) is 20.8 Å². The fraction of sp³-hybridized carbons (Fsp3) is 1.00. The third kappa shape index (κ3) is 2.23. The molecule has 0 amide bonds. The Hall–Kier alpha value is 0.270. The maximum Gasteiger partial charge on any atom is 0.123 e. The third-order valence-corrected chi connectivity index (χ3v) is 4.20. The molecule has 3 heterocycles. The van der Waals surface area contributed by atoms with Crippen LogP contribution < -0.4 is 5.31 Å². The summed E-state index contributed by atoms with van der Waals surface area (Å²) >= 11 is -7.83. The number of nitrogens with one attached hydrogen (secondary N) is 1. The van der Waals surface area contributed by atoms with Gasteiger partial charge in [-0.3, -0.25) is 0 Å². The van der Waals surface area contributed by atoms with Crippen molar-refractivity contribution in [2.24, 2.45) is 5.89 Å². The van der Waals surface area contributed by atoms with Crippen LogP contribution in [0.1, 0.15) is 71.9 Å². The Morgan fingerprint density at radius 3 is 3.28 bits per heavy atom. The molecular weight excluding hydrogens is 242 g/mol. The van der Waals surface area contributed by atoms with Gasteiger partial charge in [0.05, 0.1) is 12.8 Å². The second kappa shape index (κ2) is 4.68. The number of ether oxygens (including phenoxy) is 1. The Kier molecular flexibility index (Phi) is 0.918. The largest absolute Gasteiger partial charge is 0.375 e. The van der Waals surface area contributed by atoms with Gasteiger partial charge in [-0.15, -0.1) is 0 Å². The van der Waals surface area contributed by atoms with Gasteiger partial charge in [0.25, 0.3) is 0 Å². The first-order valence-corrected chi connectivity index (χ1v) is 6.81. The van der Waals surface area contributed by atoms with E-state index in [-0.39, 0.29) is 5.31 Å². The van der Waals surface area contributed by atoms with Crippen molar-refractivity contribution in [3.63, 3.8) is 0 Å². The van der Waals surface area contributed by atoms with Gasteiger partial charge in [-0.25, -0.2) is 0 Å². The van der Waals surface area contributed by atoms with Gasteiger partial charge in [-0.2, -0.15) is 0 Å². The summed E-state index contributed by atoms with van der Waals surface area (Å²) in [7, 11) is 0. The smallest absolute Gasteiger partial charge is 0.123 e. The van der Waals surface area contributed by atoms with Gasteiger partial charge in [0.15, 0.2) is 0 Å². The molecule has 2 nitrogen and oxygen atoms in total. The zero-order valence-electron chi connectivity index (χ0n) is 29.5. The first-order valence-electron chi connectivity index (χ1n) is 15.0. The van der Waals surface area contributed by atoms with Crippen LogP contribution in [0, 0.1) is 5.89 Å². The molecular formula is C15H31NOS. The van der Waals surface area contributed by atoms with Crippen molar-refractivity contribution in [1.29, 1.82) is 4.50 Å². The van der Waals surface area contributed by atoms with E-state index in [0.29, 0.717) is 0 Å². The summed E-state index contributed by atoms with van der Waals surface area (Å²) in [5.74, 6) is -4.14. The molecule has 0 aromatic heterocycles. The second-order valence-corrected chi connectivity index (χ2v) is 6.08. The van der Waals surface area contributed by atoms with Crippen molar-refractivity contribution in [2.75, 3.05) is 13.1 Å². The summed E-state index contributed by atoms with van der Waals surface area (Å²) in [6.07, 6.45) is -16.9. The minimum absolute atomic E-state index is 0.138. The van der Waals surface area contributed by atoms with Crippen LogP contribution in [0.2, 0.25) is 1.41 Å². The van der Waals surface area contributed by atoms with Crippen LogP contribution in [0.3, 0.4) is 0 Å². The average molecular weight is 293 g/mol. The van der Waals surface area contributed by atoms with Gasteiger partial charge in [0, 0.05) is 28.5 Å². The summed E-state index contributed by atoms with van der Waals surface area (Å²) in [5, 5.41) is -7.31. The van der Waals surface area contributed by atoms with E-state index >= 15 is 0 Å². The topological polar surface area (TPSA) is 21.3 Å². The van der Waals surface area contributed by atoms with Crippen LogP contribution in [0.15, 0.2) is 0 Å². The number of hydrogen-bond donors (Lipinski definition) is 1. The Balaban J connectivity index is 2.80. The van der Waals surface area contributed by atoms with Crippen LogP contribution in [0.4, 0.5) is 0 Å². The molecule has 0 aromatic carbocycles. The predicted octanol–water partition coefficient (Wildman–Crippen LogP) is 2.14. The fourth-order valence-corrected chi connectivity index (χ4v) is 3.20. The Morgan fingerprint density at radius 2 is 2.50 bits per heavy atom. The van der Waals surface area contributed by atoms with Gasteiger partial charge < -0.3 is 21.4 Å². The molecule has 3 heteroatoms. The average Bonchev–Trinajstić information content (AvgIpc) is 2.72.